The van der Waals surface area contributed by atoms with Crippen molar-refractivity contribution in [1.29, 1.82) is 0 Å². The Morgan fingerprint density at radius 3 is 2.89 bits per heavy atom. The van der Waals surface area contributed by atoms with E-state index in [9.17, 15) is 4.79 Å². The molecule has 0 aromatic carbocycles. The lowest BCUT2D eigenvalue weighted by Crippen LogP contribution is -2.22. The van der Waals surface area contributed by atoms with Crippen molar-refractivity contribution >= 4 is 5.65 Å². The Labute approximate surface area is 103 Å². The average Bonchev–Trinajstić information content (AvgIpc) is 2.75. The first kappa shape index (κ1) is 10.7. The van der Waals surface area contributed by atoms with Gasteiger partial charge in [0.05, 0.1) is 6.54 Å². The lowest BCUT2D eigenvalue weighted by Gasteiger charge is -1.99. The van der Waals surface area contributed by atoms with Crippen LogP contribution in [0.2, 0.25) is 0 Å². The number of nitrogens with zero attached hydrogens (tertiary/aromatic N) is 4. The third-order valence-corrected chi connectivity index (χ3v) is 2.82. The zero-order valence-electron chi connectivity index (χ0n) is 9.73. The number of hydrogen-bond donors (Lipinski definition) is 0. The van der Waals surface area contributed by atoms with Gasteiger partial charge in [0.2, 0.25) is 0 Å². The first-order chi connectivity index (χ1) is 8.84. The molecule has 18 heavy (non-hydrogen) atoms. The van der Waals surface area contributed by atoms with Crippen LogP contribution in [0, 0.1) is 0 Å². The van der Waals surface area contributed by atoms with Crippen molar-refractivity contribution in [2.75, 3.05) is 0 Å². The first-order valence-corrected chi connectivity index (χ1v) is 5.78. The molecule has 3 heterocycles. The highest BCUT2D eigenvalue weighted by molar-refractivity contribution is 5.35. The Morgan fingerprint density at radius 2 is 2.11 bits per heavy atom. The van der Waals surface area contributed by atoms with Crippen LogP contribution in [0.1, 0.15) is 5.56 Å². The molecular formula is C13H12N4O. The van der Waals surface area contributed by atoms with E-state index in [4.69, 9.17) is 0 Å². The molecule has 0 radical (unpaired) electrons. The molecule has 0 spiro atoms. The van der Waals surface area contributed by atoms with Gasteiger partial charge in [-0.25, -0.2) is 9.48 Å². The standard InChI is InChI=1S/C13H12N4O/c18-13-16-8-2-1-5-12(16)15-17(13)9-6-11-4-3-7-14-10-11/h1-5,7-8,10H,6,9H2. The maximum Gasteiger partial charge on any atom is 0.350 e. The molecular weight excluding hydrogens is 228 g/mol. The van der Waals surface area contributed by atoms with Crippen LogP contribution >= 0.6 is 0 Å². The third-order valence-electron chi connectivity index (χ3n) is 2.82. The fourth-order valence-electron chi connectivity index (χ4n) is 1.89. The summed E-state index contributed by atoms with van der Waals surface area (Å²) in [4.78, 5) is 16.0. The van der Waals surface area contributed by atoms with E-state index in [0.29, 0.717) is 12.2 Å². The summed E-state index contributed by atoms with van der Waals surface area (Å²) < 4.78 is 3.03. The second-order valence-corrected chi connectivity index (χ2v) is 4.05. The molecule has 90 valence electrons. The summed E-state index contributed by atoms with van der Waals surface area (Å²) in [5.41, 5.74) is 1.67. The summed E-state index contributed by atoms with van der Waals surface area (Å²) in [7, 11) is 0. The number of aryl methyl sites for hydroxylation is 2. The fraction of sp³-hybridized carbons (Fsp3) is 0.154. The summed E-state index contributed by atoms with van der Waals surface area (Å²) >= 11 is 0. The molecule has 0 saturated heterocycles. The molecule has 5 nitrogen and oxygen atoms in total. The van der Waals surface area contributed by atoms with Crippen molar-refractivity contribution < 1.29 is 0 Å². The quantitative estimate of drug-likeness (QED) is 0.689. The van der Waals surface area contributed by atoms with Crippen LogP contribution in [0.15, 0.2) is 53.7 Å². The fourth-order valence-corrected chi connectivity index (χ4v) is 1.89. The number of aromatic nitrogens is 4. The Morgan fingerprint density at radius 1 is 1.17 bits per heavy atom. The van der Waals surface area contributed by atoms with Gasteiger partial charge in [-0.1, -0.05) is 12.1 Å². The van der Waals surface area contributed by atoms with Crippen molar-refractivity contribution in [1.82, 2.24) is 19.2 Å². The van der Waals surface area contributed by atoms with Gasteiger partial charge in [0.1, 0.15) is 0 Å². The van der Waals surface area contributed by atoms with Crippen LogP contribution in [0.4, 0.5) is 0 Å². The molecule has 0 fully saturated rings. The van der Waals surface area contributed by atoms with Gasteiger partial charge in [-0.15, -0.1) is 5.10 Å². The molecule has 0 aliphatic rings. The zero-order valence-corrected chi connectivity index (χ0v) is 9.73. The highest BCUT2D eigenvalue weighted by atomic mass is 16.2. The topological polar surface area (TPSA) is 52.2 Å². The SMILES string of the molecule is O=c1n(CCc2cccnc2)nc2ccccn12. The smallest absolute Gasteiger partial charge is 0.264 e. The Bertz CT molecular complexity index is 714. The predicted molar refractivity (Wildman–Crippen MR) is 67.4 cm³/mol. The number of pyridine rings is 2. The van der Waals surface area contributed by atoms with E-state index in [2.05, 4.69) is 10.1 Å². The van der Waals surface area contributed by atoms with Crippen molar-refractivity contribution in [2.24, 2.45) is 0 Å². The van der Waals surface area contributed by atoms with E-state index in [0.717, 1.165) is 12.0 Å². The van der Waals surface area contributed by atoms with E-state index in [-0.39, 0.29) is 5.69 Å². The normalized spacial score (nSPS) is 10.9. The monoisotopic (exact) mass is 240 g/mol. The second kappa shape index (κ2) is 4.44. The van der Waals surface area contributed by atoms with Gasteiger partial charge in [-0.05, 0) is 30.2 Å². The van der Waals surface area contributed by atoms with Crippen molar-refractivity contribution in [3.63, 3.8) is 0 Å². The van der Waals surface area contributed by atoms with Gasteiger partial charge >= 0.3 is 5.69 Å². The molecule has 0 aliphatic heterocycles. The highest BCUT2D eigenvalue weighted by Crippen LogP contribution is 2.00. The Kier molecular flexibility index (Phi) is 2.64. The van der Waals surface area contributed by atoms with E-state index < -0.39 is 0 Å². The number of hydrogen-bond acceptors (Lipinski definition) is 3. The minimum atomic E-state index is -0.102. The van der Waals surface area contributed by atoms with E-state index in [1.165, 1.54) is 4.68 Å². The van der Waals surface area contributed by atoms with Crippen LogP contribution < -0.4 is 5.69 Å². The van der Waals surface area contributed by atoms with Gasteiger partial charge in [-0.3, -0.25) is 9.38 Å². The summed E-state index contributed by atoms with van der Waals surface area (Å²) in [6.07, 6.45) is 6.02. The molecule has 3 rings (SSSR count). The average molecular weight is 240 g/mol. The lowest BCUT2D eigenvalue weighted by molar-refractivity contribution is 0.592. The predicted octanol–water partition coefficient (Wildman–Crippen LogP) is 1.13. The highest BCUT2D eigenvalue weighted by Gasteiger charge is 2.05. The van der Waals surface area contributed by atoms with Crippen LogP contribution in [0.3, 0.4) is 0 Å². The van der Waals surface area contributed by atoms with Gasteiger partial charge in [-0.2, -0.15) is 0 Å². The summed E-state index contributed by atoms with van der Waals surface area (Å²) in [6.45, 7) is 0.562. The minimum Gasteiger partial charge on any atom is -0.264 e. The first-order valence-electron chi connectivity index (χ1n) is 5.78. The molecule has 3 aromatic rings. The molecule has 0 saturated carbocycles. The summed E-state index contributed by atoms with van der Waals surface area (Å²) in [6, 6.07) is 9.40. The lowest BCUT2D eigenvalue weighted by atomic mass is 10.2. The van der Waals surface area contributed by atoms with E-state index in [1.54, 1.807) is 23.0 Å². The van der Waals surface area contributed by atoms with Crippen molar-refractivity contribution in [3.05, 3.63) is 65.0 Å². The zero-order chi connectivity index (χ0) is 12.4. The minimum absolute atomic E-state index is 0.102. The van der Waals surface area contributed by atoms with Crippen LogP contribution in [-0.4, -0.2) is 19.2 Å². The van der Waals surface area contributed by atoms with Crippen LogP contribution in [-0.2, 0) is 13.0 Å². The van der Waals surface area contributed by atoms with Crippen LogP contribution in [0.25, 0.3) is 5.65 Å². The molecule has 0 unspecified atom stereocenters. The summed E-state index contributed by atoms with van der Waals surface area (Å²) in [5.74, 6) is 0. The van der Waals surface area contributed by atoms with E-state index in [1.807, 2.05) is 30.3 Å². The summed E-state index contributed by atoms with van der Waals surface area (Å²) in [5, 5.41) is 4.27. The van der Waals surface area contributed by atoms with Gasteiger partial charge in [0.25, 0.3) is 0 Å². The van der Waals surface area contributed by atoms with Crippen molar-refractivity contribution in [3.8, 4) is 0 Å². The van der Waals surface area contributed by atoms with Crippen LogP contribution in [0.5, 0.6) is 0 Å². The number of rotatable bonds is 3. The van der Waals surface area contributed by atoms with Gasteiger partial charge < -0.3 is 0 Å². The number of fused-ring (bicyclic) bond motifs is 1. The molecule has 0 bridgehead atoms. The molecule has 0 amide bonds. The maximum atomic E-state index is 12.0. The van der Waals surface area contributed by atoms with Gasteiger partial charge in [0.15, 0.2) is 5.65 Å². The van der Waals surface area contributed by atoms with E-state index >= 15 is 0 Å². The molecule has 3 aromatic heterocycles. The van der Waals surface area contributed by atoms with Gasteiger partial charge in [0, 0.05) is 18.6 Å². The molecule has 0 N–H and O–H groups in total. The Balaban J connectivity index is 1.87. The maximum absolute atomic E-state index is 12.0. The second-order valence-electron chi connectivity index (χ2n) is 4.05. The largest absolute Gasteiger partial charge is 0.350 e. The Hall–Kier alpha value is -2.43. The third kappa shape index (κ3) is 1.90. The molecule has 0 aliphatic carbocycles. The molecule has 5 heteroatoms. The van der Waals surface area contributed by atoms with Crippen molar-refractivity contribution in [2.45, 2.75) is 13.0 Å². The molecule has 0 atom stereocenters.